The Labute approximate surface area is 128 Å². The summed E-state index contributed by atoms with van der Waals surface area (Å²) in [5.74, 6) is -1.17. The fourth-order valence-electron chi connectivity index (χ4n) is 3.62. The highest BCUT2D eigenvalue weighted by molar-refractivity contribution is 7.89. The Hall–Kier alpha value is -0.920. The van der Waals surface area contributed by atoms with Crippen molar-refractivity contribution in [3.63, 3.8) is 0 Å². The molecule has 1 spiro atoms. The first-order valence-electron chi connectivity index (χ1n) is 7.26. The normalized spacial score (nSPS) is 22.7. The van der Waals surface area contributed by atoms with E-state index >= 15 is 0 Å². The topological polar surface area (TPSA) is 74.7 Å². The minimum absolute atomic E-state index is 0.0534. The Morgan fingerprint density at radius 2 is 1.81 bits per heavy atom. The lowest BCUT2D eigenvalue weighted by atomic mass is 9.78. The molecule has 1 aromatic heterocycles. The molecule has 0 bridgehead atoms. The van der Waals surface area contributed by atoms with Crippen LogP contribution >= 0.6 is 11.3 Å². The smallest absolute Gasteiger partial charge is 0.347 e. The number of carboxylic acid groups (broad SMARTS) is 1. The predicted molar refractivity (Wildman–Crippen MR) is 80.2 cm³/mol. The largest absolute Gasteiger partial charge is 0.477 e. The maximum absolute atomic E-state index is 12.6. The standard InChI is InChI=1S/C14H19NO4S2/c16-13(17)12-11(3-10-20-12)21(18,19)15-8-6-14(7-9-15)4-1-2-5-14/h3,10H,1-2,4-9H2,(H,16,17). The zero-order valence-corrected chi connectivity index (χ0v) is 13.4. The molecule has 3 rings (SSSR count). The number of carbonyl (C=O) groups is 1. The maximum atomic E-state index is 12.6. The second-order valence-electron chi connectivity index (χ2n) is 6.03. The second-order valence-corrected chi connectivity index (χ2v) is 8.85. The summed E-state index contributed by atoms with van der Waals surface area (Å²) in [6.07, 6.45) is 6.72. The number of sulfonamides is 1. The van der Waals surface area contributed by atoms with Crippen LogP contribution < -0.4 is 0 Å². The average Bonchev–Trinajstić information content (AvgIpc) is 3.09. The van der Waals surface area contributed by atoms with Crippen LogP contribution in [0.4, 0.5) is 0 Å². The molecule has 21 heavy (non-hydrogen) atoms. The van der Waals surface area contributed by atoms with Crippen LogP contribution in [-0.2, 0) is 10.0 Å². The molecule has 0 atom stereocenters. The van der Waals surface area contributed by atoms with Crippen molar-refractivity contribution in [3.8, 4) is 0 Å². The van der Waals surface area contributed by atoms with Crippen molar-refractivity contribution in [1.82, 2.24) is 4.31 Å². The average molecular weight is 329 g/mol. The summed E-state index contributed by atoms with van der Waals surface area (Å²) in [5.41, 5.74) is 0.344. The number of hydrogen-bond acceptors (Lipinski definition) is 4. The van der Waals surface area contributed by atoms with E-state index in [2.05, 4.69) is 0 Å². The molecular formula is C14H19NO4S2. The number of thiophene rings is 1. The fourth-order valence-corrected chi connectivity index (χ4v) is 6.30. The highest BCUT2D eigenvalue weighted by Gasteiger charge is 2.41. The molecule has 116 valence electrons. The Balaban J connectivity index is 1.80. The Morgan fingerprint density at radius 1 is 1.19 bits per heavy atom. The Bertz CT molecular complexity index is 634. The molecule has 1 aliphatic carbocycles. The van der Waals surface area contributed by atoms with E-state index in [1.54, 1.807) is 0 Å². The third-order valence-corrected chi connectivity index (χ3v) is 7.86. The van der Waals surface area contributed by atoms with E-state index in [-0.39, 0.29) is 9.77 Å². The molecule has 0 amide bonds. The summed E-state index contributed by atoms with van der Waals surface area (Å²) in [4.78, 5) is 11.0. The molecule has 5 nitrogen and oxygen atoms in total. The quantitative estimate of drug-likeness (QED) is 0.925. The van der Waals surface area contributed by atoms with Crippen molar-refractivity contribution in [1.29, 1.82) is 0 Å². The number of nitrogens with zero attached hydrogens (tertiary/aromatic N) is 1. The van der Waals surface area contributed by atoms with Crippen molar-refractivity contribution in [3.05, 3.63) is 16.3 Å². The lowest BCUT2D eigenvalue weighted by molar-refractivity contribution is 0.0698. The van der Waals surface area contributed by atoms with Crippen molar-refractivity contribution >= 4 is 27.3 Å². The molecule has 0 radical (unpaired) electrons. The van der Waals surface area contributed by atoms with Gasteiger partial charge in [0.2, 0.25) is 10.0 Å². The van der Waals surface area contributed by atoms with Gasteiger partial charge in [-0.15, -0.1) is 11.3 Å². The van der Waals surface area contributed by atoms with Gasteiger partial charge in [-0.3, -0.25) is 0 Å². The van der Waals surface area contributed by atoms with Crippen molar-refractivity contribution in [2.24, 2.45) is 5.41 Å². The van der Waals surface area contributed by atoms with Gasteiger partial charge in [-0.25, -0.2) is 13.2 Å². The minimum atomic E-state index is -3.68. The minimum Gasteiger partial charge on any atom is -0.477 e. The molecule has 2 heterocycles. The first kappa shape index (κ1) is 15.0. The highest BCUT2D eigenvalue weighted by Crippen LogP contribution is 2.46. The fraction of sp³-hybridized carbons (Fsp3) is 0.643. The highest BCUT2D eigenvalue weighted by atomic mass is 32.2. The van der Waals surface area contributed by atoms with Gasteiger partial charge in [0.1, 0.15) is 9.77 Å². The first-order chi connectivity index (χ1) is 9.95. The molecule has 1 aliphatic heterocycles. The van der Waals surface area contributed by atoms with Crippen LogP contribution in [0.15, 0.2) is 16.3 Å². The maximum Gasteiger partial charge on any atom is 0.347 e. The van der Waals surface area contributed by atoms with Gasteiger partial charge in [0.05, 0.1) is 0 Å². The molecule has 1 saturated heterocycles. The molecule has 2 fully saturated rings. The van der Waals surface area contributed by atoms with E-state index in [1.807, 2.05) is 0 Å². The van der Waals surface area contributed by atoms with Crippen LogP contribution in [0.5, 0.6) is 0 Å². The van der Waals surface area contributed by atoms with Crippen LogP contribution in [0.1, 0.15) is 48.2 Å². The SMILES string of the molecule is O=C(O)c1sccc1S(=O)(=O)N1CCC2(CCCC2)CC1. The summed E-state index contributed by atoms with van der Waals surface area (Å²) >= 11 is 0.962. The van der Waals surface area contributed by atoms with Crippen LogP contribution in [0.2, 0.25) is 0 Å². The number of rotatable bonds is 3. The van der Waals surface area contributed by atoms with Crippen LogP contribution in [0, 0.1) is 5.41 Å². The molecule has 0 unspecified atom stereocenters. The molecule has 1 aromatic rings. The molecule has 1 N–H and O–H groups in total. The van der Waals surface area contributed by atoms with Crippen LogP contribution in [0.3, 0.4) is 0 Å². The monoisotopic (exact) mass is 329 g/mol. The summed E-state index contributed by atoms with van der Waals surface area (Å²) in [6, 6.07) is 1.41. The van der Waals surface area contributed by atoms with Gasteiger partial charge in [-0.05, 0) is 42.5 Å². The van der Waals surface area contributed by atoms with Crippen LogP contribution in [-0.4, -0.2) is 36.9 Å². The van der Waals surface area contributed by atoms with Crippen molar-refractivity contribution < 1.29 is 18.3 Å². The Morgan fingerprint density at radius 3 is 2.38 bits per heavy atom. The first-order valence-corrected chi connectivity index (χ1v) is 9.58. The Kier molecular flexibility index (Phi) is 3.83. The number of hydrogen-bond donors (Lipinski definition) is 1. The van der Waals surface area contributed by atoms with Crippen molar-refractivity contribution in [2.75, 3.05) is 13.1 Å². The van der Waals surface area contributed by atoms with Gasteiger partial charge in [-0.2, -0.15) is 4.31 Å². The number of carboxylic acids is 1. The molecule has 2 aliphatic rings. The zero-order chi connectivity index (χ0) is 15.1. The number of aromatic carboxylic acids is 1. The van der Waals surface area contributed by atoms with Gasteiger partial charge in [0.15, 0.2) is 0 Å². The van der Waals surface area contributed by atoms with E-state index in [0.29, 0.717) is 18.5 Å². The van der Waals surface area contributed by atoms with E-state index < -0.39 is 16.0 Å². The van der Waals surface area contributed by atoms with Gasteiger partial charge >= 0.3 is 5.97 Å². The number of piperidine rings is 1. The second kappa shape index (κ2) is 5.37. The molecule has 7 heteroatoms. The van der Waals surface area contributed by atoms with Gasteiger partial charge in [0, 0.05) is 13.1 Å². The molecular weight excluding hydrogens is 310 g/mol. The van der Waals surface area contributed by atoms with Gasteiger partial charge in [0.25, 0.3) is 0 Å². The van der Waals surface area contributed by atoms with E-state index in [4.69, 9.17) is 5.11 Å². The summed E-state index contributed by atoms with van der Waals surface area (Å²) < 4.78 is 26.8. The lowest BCUT2D eigenvalue weighted by Crippen LogP contribution is -2.42. The lowest BCUT2D eigenvalue weighted by Gasteiger charge is -2.38. The molecule has 1 saturated carbocycles. The third kappa shape index (κ3) is 2.62. The third-order valence-electron chi connectivity index (χ3n) is 4.89. The summed E-state index contributed by atoms with van der Waals surface area (Å²) in [5, 5.41) is 10.6. The van der Waals surface area contributed by atoms with E-state index in [9.17, 15) is 13.2 Å². The van der Waals surface area contributed by atoms with Gasteiger partial charge < -0.3 is 5.11 Å². The van der Waals surface area contributed by atoms with Crippen LogP contribution in [0.25, 0.3) is 0 Å². The molecule has 0 aromatic carbocycles. The van der Waals surface area contributed by atoms with Gasteiger partial charge in [-0.1, -0.05) is 12.8 Å². The van der Waals surface area contributed by atoms with E-state index in [0.717, 1.165) is 24.2 Å². The summed E-state index contributed by atoms with van der Waals surface area (Å²) in [7, 11) is -3.68. The van der Waals surface area contributed by atoms with E-state index in [1.165, 1.54) is 41.4 Å². The van der Waals surface area contributed by atoms with Crippen molar-refractivity contribution in [2.45, 2.75) is 43.4 Å². The summed E-state index contributed by atoms with van der Waals surface area (Å²) in [6.45, 7) is 1.02. The zero-order valence-electron chi connectivity index (χ0n) is 11.7. The predicted octanol–water partition coefficient (Wildman–Crippen LogP) is 2.79.